The SMILES string of the molecule is COc1ccc([C@H](NC(=O)[C@H](Cc2cccc(C#N)c2)NC(=O)c2cccc(OCC(=O)O)c2)C(=O)N[C@H](C(=O)C(F)(F)F)C(C)C)cc1. The van der Waals surface area contributed by atoms with E-state index in [0.29, 0.717) is 11.3 Å². The second-order valence-electron chi connectivity index (χ2n) is 11.1. The summed E-state index contributed by atoms with van der Waals surface area (Å²) >= 11 is 0. The van der Waals surface area contributed by atoms with Crippen LogP contribution in [0.3, 0.4) is 0 Å². The number of hydrogen-bond donors (Lipinski definition) is 4. The fourth-order valence-electron chi connectivity index (χ4n) is 4.61. The molecule has 3 rings (SSSR count). The van der Waals surface area contributed by atoms with Crippen molar-refractivity contribution in [1.29, 1.82) is 5.26 Å². The number of aliphatic carboxylic acids is 1. The van der Waals surface area contributed by atoms with Crippen LogP contribution in [0.1, 0.15) is 46.9 Å². The van der Waals surface area contributed by atoms with Crippen molar-refractivity contribution in [2.24, 2.45) is 5.92 Å². The zero-order chi connectivity index (χ0) is 36.3. The summed E-state index contributed by atoms with van der Waals surface area (Å²) in [6, 6.07) is 14.3. The number of amides is 3. The molecule has 0 fully saturated rings. The minimum absolute atomic E-state index is 0.0126. The number of Topliss-reactive ketones (excluding diaryl/α,β-unsaturated/α-hetero) is 1. The predicted molar refractivity (Wildman–Crippen MR) is 167 cm³/mol. The highest BCUT2D eigenvalue weighted by Crippen LogP contribution is 2.24. The predicted octanol–water partition coefficient (Wildman–Crippen LogP) is 3.50. The van der Waals surface area contributed by atoms with Crippen LogP contribution in [0, 0.1) is 17.2 Å². The lowest BCUT2D eigenvalue weighted by Crippen LogP contribution is -2.55. The maximum Gasteiger partial charge on any atom is 0.452 e. The van der Waals surface area contributed by atoms with Crippen molar-refractivity contribution in [3.05, 3.63) is 95.1 Å². The highest BCUT2D eigenvalue weighted by atomic mass is 19.4. The zero-order valence-corrected chi connectivity index (χ0v) is 26.5. The van der Waals surface area contributed by atoms with E-state index in [2.05, 4.69) is 16.0 Å². The molecule has 0 aliphatic heterocycles. The van der Waals surface area contributed by atoms with E-state index in [1.165, 1.54) is 81.6 Å². The number of hydrogen-bond acceptors (Lipinski definition) is 8. The van der Waals surface area contributed by atoms with Crippen molar-refractivity contribution < 1.29 is 51.7 Å². The van der Waals surface area contributed by atoms with Gasteiger partial charge in [0.15, 0.2) is 6.61 Å². The van der Waals surface area contributed by atoms with Crippen LogP contribution in [-0.4, -0.2) is 66.6 Å². The largest absolute Gasteiger partial charge is 0.497 e. The number of nitriles is 1. The maximum absolute atomic E-state index is 13.9. The van der Waals surface area contributed by atoms with E-state index in [-0.39, 0.29) is 28.9 Å². The van der Waals surface area contributed by atoms with E-state index < -0.39 is 66.3 Å². The third kappa shape index (κ3) is 10.8. The van der Waals surface area contributed by atoms with Crippen LogP contribution in [-0.2, 0) is 25.6 Å². The van der Waals surface area contributed by atoms with E-state index in [9.17, 15) is 42.4 Å². The number of benzene rings is 3. The summed E-state index contributed by atoms with van der Waals surface area (Å²) in [5.41, 5.74) is 0.810. The molecule has 0 saturated carbocycles. The van der Waals surface area contributed by atoms with Crippen LogP contribution in [0.25, 0.3) is 0 Å². The quantitative estimate of drug-likeness (QED) is 0.186. The van der Waals surface area contributed by atoms with Crippen LogP contribution >= 0.6 is 0 Å². The second-order valence-corrected chi connectivity index (χ2v) is 11.1. The van der Waals surface area contributed by atoms with Crippen molar-refractivity contribution in [3.63, 3.8) is 0 Å². The minimum atomic E-state index is -5.25. The number of carboxylic acid groups (broad SMARTS) is 1. The summed E-state index contributed by atoms with van der Waals surface area (Å²) in [5, 5.41) is 25.4. The number of carbonyl (C=O) groups excluding carboxylic acids is 4. The highest BCUT2D eigenvalue weighted by molar-refractivity contribution is 5.99. The van der Waals surface area contributed by atoms with Gasteiger partial charge in [-0.15, -0.1) is 0 Å². The van der Waals surface area contributed by atoms with E-state index in [1.807, 2.05) is 6.07 Å². The summed E-state index contributed by atoms with van der Waals surface area (Å²) in [6.07, 6.45) is -5.44. The van der Waals surface area contributed by atoms with E-state index in [0.717, 1.165) is 0 Å². The van der Waals surface area contributed by atoms with Gasteiger partial charge in [0.2, 0.25) is 11.8 Å². The van der Waals surface area contributed by atoms with Gasteiger partial charge in [0, 0.05) is 12.0 Å². The fraction of sp³-hybridized carbons (Fsp3) is 0.294. The van der Waals surface area contributed by atoms with Crippen LogP contribution in [0.4, 0.5) is 13.2 Å². The van der Waals surface area contributed by atoms with Crippen molar-refractivity contribution in [3.8, 4) is 17.6 Å². The Hall–Kier alpha value is -5.91. The van der Waals surface area contributed by atoms with Gasteiger partial charge in [-0.3, -0.25) is 19.2 Å². The molecule has 3 aromatic carbocycles. The van der Waals surface area contributed by atoms with Crippen molar-refractivity contribution in [2.75, 3.05) is 13.7 Å². The van der Waals surface area contributed by atoms with Gasteiger partial charge in [-0.25, -0.2) is 4.79 Å². The summed E-state index contributed by atoms with van der Waals surface area (Å²) in [4.78, 5) is 63.9. The Morgan fingerprint density at radius 3 is 2.14 bits per heavy atom. The highest BCUT2D eigenvalue weighted by Gasteiger charge is 2.45. The lowest BCUT2D eigenvalue weighted by molar-refractivity contribution is -0.175. The molecular weight excluding hydrogens is 649 g/mol. The molecule has 0 aliphatic carbocycles. The third-order valence-electron chi connectivity index (χ3n) is 7.10. The number of ketones is 1. The van der Waals surface area contributed by atoms with Gasteiger partial charge in [0.05, 0.1) is 24.8 Å². The molecule has 12 nitrogen and oxygen atoms in total. The maximum atomic E-state index is 13.9. The van der Waals surface area contributed by atoms with Gasteiger partial charge in [-0.05, 0) is 59.5 Å². The van der Waals surface area contributed by atoms with E-state index in [1.54, 1.807) is 12.1 Å². The molecule has 49 heavy (non-hydrogen) atoms. The lowest BCUT2D eigenvalue weighted by atomic mass is 9.97. The van der Waals surface area contributed by atoms with Gasteiger partial charge in [0.25, 0.3) is 11.7 Å². The number of nitrogens with zero attached hydrogens (tertiary/aromatic N) is 1. The second kappa shape index (κ2) is 16.8. The standard InChI is InChI=1S/C34H33F3N4O8/c1-19(2)28(30(44)34(35,36)37)40-33(47)29(22-10-12-24(48-3)13-11-22)41-32(46)26(15-20-6-4-7-21(14-20)17-38)39-31(45)23-8-5-9-25(16-23)49-18-27(42)43/h4-14,16,19,26,28-29H,15,18H2,1-3H3,(H,39,45)(H,40,47)(H,41,46)(H,42,43)/t26-,28-,29-/m0/s1. The first kappa shape index (κ1) is 37.5. The number of halogens is 3. The molecule has 0 heterocycles. The number of alkyl halides is 3. The average Bonchev–Trinajstić information content (AvgIpc) is 3.07. The number of ether oxygens (including phenoxy) is 2. The van der Waals surface area contributed by atoms with Gasteiger partial charge in [0.1, 0.15) is 23.6 Å². The molecule has 0 aliphatic rings. The average molecular weight is 683 g/mol. The molecule has 4 N–H and O–H groups in total. The first-order valence-corrected chi connectivity index (χ1v) is 14.7. The summed E-state index contributed by atoms with van der Waals surface area (Å²) in [7, 11) is 1.39. The van der Waals surface area contributed by atoms with Gasteiger partial charge in [-0.1, -0.05) is 44.2 Å². The molecule has 0 unspecified atom stereocenters. The molecule has 0 saturated heterocycles. The molecular formula is C34H33F3N4O8. The number of carboxylic acids is 1. The van der Waals surface area contributed by atoms with Crippen LogP contribution in [0.15, 0.2) is 72.8 Å². The van der Waals surface area contributed by atoms with E-state index in [4.69, 9.17) is 14.6 Å². The van der Waals surface area contributed by atoms with Crippen molar-refractivity contribution in [1.82, 2.24) is 16.0 Å². The smallest absolute Gasteiger partial charge is 0.452 e. The van der Waals surface area contributed by atoms with Crippen LogP contribution in [0.2, 0.25) is 0 Å². The lowest BCUT2D eigenvalue weighted by Gasteiger charge is -2.27. The third-order valence-corrected chi connectivity index (χ3v) is 7.10. The molecule has 0 bridgehead atoms. The van der Waals surface area contributed by atoms with E-state index >= 15 is 0 Å². The fourth-order valence-corrected chi connectivity index (χ4v) is 4.61. The summed E-state index contributed by atoms with van der Waals surface area (Å²) < 4.78 is 50.4. The van der Waals surface area contributed by atoms with Crippen molar-refractivity contribution in [2.45, 2.75) is 44.6 Å². The Morgan fingerprint density at radius 1 is 0.878 bits per heavy atom. The van der Waals surface area contributed by atoms with Gasteiger partial charge in [-0.2, -0.15) is 18.4 Å². The number of methoxy groups -OCH3 is 1. The molecule has 0 spiro atoms. The topological polar surface area (TPSA) is 184 Å². The molecule has 3 amide bonds. The number of rotatable bonds is 15. The summed E-state index contributed by atoms with van der Waals surface area (Å²) in [6.45, 7) is 1.96. The molecule has 15 heteroatoms. The molecule has 0 aromatic heterocycles. The number of nitrogens with one attached hydrogen (secondary N) is 3. The monoisotopic (exact) mass is 682 g/mol. The minimum Gasteiger partial charge on any atom is -0.497 e. The van der Waals surface area contributed by atoms with Crippen molar-refractivity contribution >= 4 is 29.5 Å². The number of carbonyl (C=O) groups is 5. The van der Waals surface area contributed by atoms with Crippen LogP contribution in [0.5, 0.6) is 11.5 Å². The van der Waals surface area contributed by atoms with Crippen LogP contribution < -0.4 is 25.4 Å². The normalized spacial score (nSPS) is 12.9. The Bertz CT molecular complexity index is 1720. The van der Waals surface area contributed by atoms with Gasteiger partial charge < -0.3 is 30.5 Å². The Kier molecular flexibility index (Phi) is 12.9. The Labute approximate surface area is 279 Å². The Morgan fingerprint density at radius 2 is 1.55 bits per heavy atom. The Balaban J connectivity index is 1.99. The first-order chi connectivity index (χ1) is 23.1. The molecule has 0 radical (unpaired) electrons. The molecule has 3 atom stereocenters. The molecule has 3 aromatic rings. The zero-order valence-electron chi connectivity index (χ0n) is 26.5. The summed E-state index contributed by atoms with van der Waals surface area (Å²) in [5.74, 6) is -6.82. The molecule has 258 valence electrons. The first-order valence-electron chi connectivity index (χ1n) is 14.7. The van der Waals surface area contributed by atoms with Gasteiger partial charge >= 0.3 is 12.1 Å².